The first-order valence-corrected chi connectivity index (χ1v) is 5.46. The third-order valence-electron chi connectivity index (χ3n) is 2.19. The molecule has 1 aliphatic heterocycles. The van der Waals surface area contributed by atoms with Gasteiger partial charge in [0.05, 0.1) is 6.61 Å². The minimum atomic E-state index is -0.416. The Hall–Kier alpha value is -0.680. The van der Waals surface area contributed by atoms with Crippen LogP contribution < -0.4 is 4.90 Å². The van der Waals surface area contributed by atoms with Gasteiger partial charge in [0.1, 0.15) is 12.8 Å². The van der Waals surface area contributed by atoms with Crippen molar-refractivity contribution in [2.24, 2.45) is 0 Å². The first-order chi connectivity index (χ1) is 6.79. The molecule has 0 bridgehead atoms. The average Bonchev–Trinajstić information content (AvgIpc) is 2.65. The van der Waals surface area contributed by atoms with Crippen LogP contribution in [-0.4, -0.2) is 37.5 Å². The predicted octanol–water partition coefficient (Wildman–Crippen LogP) is 1.63. The summed E-state index contributed by atoms with van der Waals surface area (Å²) in [6.45, 7) is 3.62. The molecule has 1 saturated heterocycles. The molecule has 0 aromatic carbocycles. The summed E-state index contributed by atoms with van der Waals surface area (Å²) < 4.78 is 17.7. The summed E-state index contributed by atoms with van der Waals surface area (Å²) in [4.78, 5) is 7.55. The van der Waals surface area contributed by atoms with Crippen molar-refractivity contribution in [1.82, 2.24) is 4.98 Å². The van der Waals surface area contributed by atoms with E-state index in [1.165, 1.54) is 4.88 Å². The Balaban J connectivity index is 2.04. The molecular formula is C9H13FN2OS. The Morgan fingerprint density at radius 2 is 2.64 bits per heavy atom. The van der Waals surface area contributed by atoms with E-state index in [1.807, 2.05) is 13.1 Å². The average molecular weight is 216 g/mol. The molecule has 0 radical (unpaired) electrons. The van der Waals surface area contributed by atoms with E-state index in [0.717, 1.165) is 11.7 Å². The molecule has 5 heteroatoms. The molecular weight excluding hydrogens is 203 g/mol. The van der Waals surface area contributed by atoms with Crippen LogP contribution in [0.3, 0.4) is 0 Å². The largest absolute Gasteiger partial charge is 0.372 e. The van der Waals surface area contributed by atoms with Crippen molar-refractivity contribution < 1.29 is 9.13 Å². The zero-order chi connectivity index (χ0) is 9.97. The standard InChI is InChI=1S/C9H13FN2OS/c1-7-5-11-9(14-7)12-2-3-13-8(4-10)6-12/h5,8H,2-4,6H2,1H3. The second-order valence-electron chi connectivity index (χ2n) is 3.35. The van der Waals surface area contributed by atoms with Gasteiger partial charge in [-0.1, -0.05) is 0 Å². The van der Waals surface area contributed by atoms with Crippen molar-refractivity contribution in [2.75, 3.05) is 31.3 Å². The SMILES string of the molecule is Cc1cnc(N2CCOC(CF)C2)s1. The highest BCUT2D eigenvalue weighted by Crippen LogP contribution is 2.23. The van der Waals surface area contributed by atoms with Crippen molar-refractivity contribution in [1.29, 1.82) is 0 Å². The number of aryl methyl sites for hydroxylation is 1. The number of hydrogen-bond donors (Lipinski definition) is 0. The van der Waals surface area contributed by atoms with Crippen molar-refractivity contribution >= 4 is 16.5 Å². The van der Waals surface area contributed by atoms with Gasteiger partial charge in [0.2, 0.25) is 0 Å². The Morgan fingerprint density at radius 3 is 3.29 bits per heavy atom. The molecule has 1 aromatic rings. The third kappa shape index (κ3) is 2.04. The van der Waals surface area contributed by atoms with Crippen LogP contribution in [0.1, 0.15) is 4.88 Å². The normalized spacial score (nSPS) is 22.7. The molecule has 1 aromatic heterocycles. The lowest BCUT2D eigenvalue weighted by Crippen LogP contribution is -2.43. The number of nitrogens with zero attached hydrogens (tertiary/aromatic N) is 2. The zero-order valence-electron chi connectivity index (χ0n) is 8.07. The van der Waals surface area contributed by atoms with E-state index >= 15 is 0 Å². The molecule has 0 N–H and O–H groups in total. The van der Waals surface area contributed by atoms with E-state index < -0.39 is 6.67 Å². The van der Waals surface area contributed by atoms with Crippen LogP contribution >= 0.6 is 11.3 Å². The molecule has 0 aliphatic carbocycles. The van der Waals surface area contributed by atoms with Crippen molar-refractivity contribution in [2.45, 2.75) is 13.0 Å². The highest BCUT2D eigenvalue weighted by molar-refractivity contribution is 7.15. The molecule has 1 fully saturated rings. The summed E-state index contributed by atoms with van der Waals surface area (Å²) in [6.07, 6.45) is 1.56. The Kier molecular flexibility index (Phi) is 2.98. The van der Waals surface area contributed by atoms with Crippen LogP contribution in [0.25, 0.3) is 0 Å². The molecule has 3 nitrogen and oxygen atoms in total. The van der Waals surface area contributed by atoms with Gasteiger partial charge in [-0.25, -0.2) is 9.37 Å². The molecule has 1 unspecified atom stereocenters. The Bertz CT molecular complexity index is 305. The molecule has 2 rings (SSSR count). The number of hydrogen-bond acceptors (Lipinski definition) is 4. The van der Waals surface area contributed by atoms with Gasteiger partial charge in [-0.3, -0.25) is 0 Å². The maximum absolute atomic E-state index is 12.4. The number of ether oxygens (including phenoxy) is 1. The first kappa shape index (κ1) is 9.86. The summed E-state index contributed by atoms with van der Waals surface area (Å²) in [5, 5.41) is 0.976. The van der Waals surface area contributed by atoms with Gasteiger partial charge in [0.25, 0.3) is 0 Å². The minimum Gasteiger partial charge on any atom is -0.372 e. The minimum absolute atomic E-state index is 0.284. The van der Waals surface area contributed by atoms with Crippen LogP contribution in [0.5, 0.6) is 0 Å². The van der Waals surface area contributed by atoms with Gasteiger partial charge in [-0.05, 0) is 6.92 Å². The van der Waals surface area contributed by atoms with Crippen LogP contribution in [-0.2, 0) is 4.74 Å². The maximum atomic E-state index is 12.4. The lowest BCUT2D eigenvalue weighted by Gasteiger charge is -2.31. The number of alkyl halides is 1. The number of rotatable bonds is 2. The van der Waals surface area contributed by atoms with E-state index in [9.17, 15) is 4.39 Å². The molecule has 0 saturated carbocycles. The zero-order valence-corrected chi connectivity index (χ0v) is 8.89. The predicted molar refractivity (Wildman–Crippen MR) is 54.8 cm³/mol. The van der Waals surface area contributed by atoms with Crippen LogP contribution in [0, 0.1) is 6.92 Å². The van der Waals surface area contributed by atoms with E-state index in [4.69, 9.17) is 4.74 Å². The first-order valence-electron chi connectivity index (χ1n) is 4.64. The van der Waals surface area contributed by atoms with Gasteiger partial charge in [-0.15, -0.1) is 11.3 Å². The third-order valence-corrected chi connectivity index (χ3v) is 3.16. The molecule has 2 heterocycles. The molecule has 0 spiro atoms. The highest BCUT2D eigenvalue weighted by Gasteiger charge is 2.21. The number of aromatic nitrogens is 1. The van der Waals surface area contributed by atoms with Crippen LogP contribution in [0.4, 0.5) is 9.52 Å². The second-order valence-corrected chi connectivity index (χ2v) is 4.56. The van der Waals surface area contributed by atoms with Crippen molar-refractivity contribution in [3.8, 4) is 0 Å². The van der Waals surface area contributed by atoms with Gasteiger partial charge < -0.3 is 9.64 Å². The van der Waals surface area contributed by atoms with Gasteiger partial charge >= 0.3 is 0 Å². The van der Waals surface area contributed by atoms with E-state index in [0.29, 0.717) is 13.2 Å². The number of morpholine rings is 1. The lowest BCUT2D eigenvalue weighted by atomic mass is 10.3. The summed E-state index contributed by atoms with van der Waals surface area (Å²) >= 11 is 1.64. The van der Waals surface area contributed by atoms with Gasteiger partial charge in [0, 0.05) is 24.2 Å². The summed E-state index contributed by atoms with van der Waals surface area (Å²) in [7, 11) is 0. The van der Waals surface area contributed by atoms with Crippen LogP contribution in [0.2, 0.25) is 0 Å². The number of thiazole rings is 1. The topological polar surface area (TPSA) is 25.4 Å². The molecule has 1 atom stereocenters. The highest BCUT2D eigenvalue weighted by atomic mass is 32.1. The summed E-state index contributed by atoms with van der Waals surface area (Å²) in [5.74, 6) is 0. The summed E-state index contributed by atoms with van der Waals surface area (Å²) in [5.41, 5.74) is 0. The maximum Gasteiger partial charge on any atom is 0.185 e. The fourth-order valence-corrected chi connectivity index (χ4v) is 2.27. The number of halogens is 1. The Morgan fingerprint density at radius 1 is 1.79 bits per heavy atom. The molecule has 14 heavy (non-hydrogen) atoms. The van der Waals surface area contributed by atoms with Crippen LogP contribution in [0.15, 0.2) is 6.20 Å². The molecule has 78 valence electrons. The summed E-state index contributed by atoms with van der Waals surface area (Å²) in [6, 6.07) is 0. The lowest BCUT2D eigenvalue weighted by molar-refractivity contribution is 0.0247. The second kappa shape index (κ2) is 4.23. The van der Waals surface area contributed by atoms with Crippen molar-refractivity contribution in [3.05, 3.63) is 11.1 Å². The van der Waals surface area contributed by atoms with Crippen molar-refractivity contribution in [3.63, 3.8) is 0 Å². The number of anilines is 1. The molecule has 0 amide bonds. The molecule has 1 aliphatic rings. The van der Waals surface area contributed by atoms with E-state index in [2.05, 4.69) is 9.88 Å². The van der Waals surface area contributed by atoms with E-state index in [1.54, 1.807) is 11.3 Å². The monoisotopic (exact) mass is 216 g/mol. The van der Waals surface area contributed by atoms with Gasteiger partial charge in [-0.2, -0.15) is 0 Å². The van der Waals surface area contributed by atoms with Gasteiger partial charge in [0.15, 0.2) is 5.13 Å². The fraction of sp³-hybridized carbons (Fsp3) is 0.667. The Labute approximate surface area is 86.5 Å². The smallest absolute Gasteiger partial charge is 0.185 e. The fourth-order valence-electron chi connectivity index (χ4n) is 1.48. The quantitative estimate of drug-likeness (QED) is 0.751. The van der Waals surface area contributed by atoms with E-state index in [-0.39, 0.29) is 6.10 Å².